The number of nitrogens with zero attached hydrogens (tertiary/aromatic N) is 2. The molecule has 1 saturated carbocycles. The zero-order valence-corrected chi connectivity index (χ0v) is 21.4. The number of aromatic carboxylic acids is 1. The van der Waals surface area contributed by atoms with Gasteiger partial charge in [0.15, 0.2) is 0 Å². The molecular formula is C29H24Cl2N2O4. The van der Waals surface area contributed by atoms with E-state index in [1.807, 2.05) is 30.3 Å². The van der Waals surface area contributed by atoms with Crippen molar-refractivity contribution in [1.82, 2.24) is 5.16 Å². The summed E-state index contributed by atoms with van der Waals surface area (Å²) in [5.41, 5.74) is 4.79. The van der Waals surface area contributed by atoms with Crippen LogP contribution in [0.3, 0.4) is 0 Å². The fourth-order valence-corrected chi connectivity index (χ4v) is 5.33. The molecule has 188 valence electrons. The summed E-state index contributed by atoms with van der Waals surface area (Å²) in [4.78, 5) is 13.4. The van der Waals surface area contributed by atoms with Gasteiger partial charge in [-0.3, -0.25) is 0 Å². The molecule has 1 aliphatic carbocycles. The first kappa shape index (κ1) is 23.9. The minimum atomic E-state index is -0.902. The Morgan fingerprint density at radius 3 is 2.27 bits per heavy atom. The standard InChI is InChI=1S/C29H24Cl2N2O4/c30-24-2-1-3-25(31)26(24)27-23(28(37-32-27)18-6-7-18)16-36-22-12-10-21(11-13-22)33-14-20(15-33)17-4-8-19(9-5-17)29(34)35/h1-5,8-13,18,20H,6-7,14-16H2,(H,34,35). The van der Waals surface area contributed by atoms with Crippen LogP contribution in [0.1, 0.15) is 51.9 Å². The summed E-state index contributed by atoms with van der Waals surface area (Å²) in [6, 6.07) is 20.6. The molecule has 37 heavy (non-hydrogen) atoms. The minimum absolute atomic E-state index is 0.309. The Labute approximate surface area is 224 Å². The summed E-state index contributed by atoms with van der Waals surface area (Å²) in [6.07, 6.45) is 2.15. The molecule has 0 amide bonds. The van der Waals surface area contributed by atoms with E-state index < -0.39 is 5.97 Å². The predicted molar refractivity (Wildman–Crippen MR) is 143 cm³/mol. The van der Waals surface area contributed by atoms with E-state index in [2.05, 4.69) is 22.2 Å². The number of carbonyl (C=O) groups is 1. The van der Waals surface area contributed by atoms with Gasteiger partial charge in [0, 0.05) is 36.2 Å². The third kappa shape index (κ3) is 4.79. The van der Waals surface area contributed by atoms with Gasteiger partial charge in [0.25, 0.3) is 0 Å². The number of aromatic nitrogens is 1. The van der Waals surface area contributed by atoms with Gasteiger partial charge in [0.1, 0.15) is 23.8 Å². The average Bonchev–Trinajstić information content (AvgIpc) is 3.63. The molecule has 3 aromatic carbocycles. The van der Waals surface area contributed by atoms with Crippen LogP contribution in [0, 0.1) is 0 Å². The SMILES string of the molecule is O=C(O)c1ccc(C2CN(c3ccc(OCc4c(-c5c(Cl)cccc5Cl)noc4C4CC4)cc3)C2)cc1. The quantitative estimate of drug-likeness (QED) is 0.253. The van der Waals surface area contributed by atoms with Crippen molar-refractivity contribution < 1.29 is 19.2 Å². The first-order valence-corrected chi connectivity index (χ1v) is 13.0. The van der Waals surface area contributed by atoms with Crippen molar-refractivity contribution >= 4 is 34.9 Å². The van der Waals surface area contributed by atoms with Crippen LogP contribution in [0.5, 0.6) is 5.75 Å². The molecule has 1 aliphatic heterocycles. The Hall–Kier alpha value is -3.48. The molecule has 1 N–H and O–H groups in total. The van der Waals surface area contributed by atoms with Crippen LogP contribution in [0.15, 0.2) is 71.3 Å². The molecule has 8 heteroatoms. The van der Waals surface area contributed by atoms with Crippen LogP contribution in [0.25, 0.3) is 11.3 Å². The van der Waals surface area contributed by atoms with Gasteiger partial charge in [-0.1, -0.05) is 46.6 Å². The molecule has 6 rings (SSSR count). The maximum atomic E-state index is 11.1. The zero-order valence-electron chi connectivity index (χ0n) is 19.9. The van der Waals surface area contributed by atoms with E-state index in [0.29, 0.717) is 45.3 Å². The number of halogens is 2. The maximum absolute atomic E-state index is 11.1. The number of ether oxygens (including phenoxy) is 1. The van der Waals surface area contributed by atoms with Gasteiger partial charge >= 0.3 is 5.97 Å². The van der Waals surface area contributed by atoms with Crippen LogP contribution < -0.4 is 9.64 Å². The van der Waals surface area contributed by atoms with E-state index in [1.54, 1.807) is 24.3 Å². The van der Waals surface area contributed by atoms with Gasteiger partial charge < -0.3 is 19.3 Å². The summed E-state index contributed by atoms with van der Waals surface area (Å²) < 4.78 is 11.9. The number of rotatable bonds is 8. The minimum Gasteiger partial charge on any atom is -0.489 e. The van der Waals surface area contributed by atoms with E-state index in [9.17, 15) is 4.79 Å². The molecule has 2 fully saturated rings. The molecular weight excluding hydrogens is 511 g/mol. The molecule has 1 aromatic heterocycles. The molecule has 0 bridgehead atoms. The van der Waals surface area contributed by atoms with Crippen molar-refractivity contribution in [2.75, 3.05) is 18.0 Å². The zero-order chi connectivity index (χ0) is 25.5. The lowest BCUT2D eigenvalue weighted by Crippen LogP contribution is -2.45. The highest BCUT2D eigenvalue weighted by molar-refractivity contribution is 6.39. The summed E-state index contributed by atoms with van der Waals surface area (Å²) >= 11 is 12.9. The van der Waals surface area contributed by atoms with Crippen LogP contribution in [-0.4, -0.2) is 29.3 Å². The Bertz CT molecular complexity index is 1420. The number of carboxylic acids is 1. The Kier molecular flexibility index (Phi) is 6.31. The van der Waals surface area contributed by atoms with Gasteiger partial charge in [-0.15, -0.1) is 0 Å². The lowest BCUT2D eigenvalue weighted by atomic mass is 9.90. The monoisotopic (exact) mass is 534 g/mol. The summed E-state index contributed by atoms with van der Waals surface area (Å²) in [5, 5.41) is 14.5. The van der Waals surface area contributed by atoms with Crippen molar-refractivity contribution in [3.63, 3.8) is 0 Å². The Balaban J connectivity index is 1.12. The molecule has 6 nitrogen and oxygen atoms in total. The highest BCUT2D eigenvalue weighted by Crippen LogP contribution is 2.46. The van der Waals surface area contributed by atoms with Crippen LogP contribution in [-0.2, 0) is 6.61 Å². The normalized spacial score (nSPS) is 15.5. The number of benzene rings is 3. The largest absolute Gasteiger partial charge is 0.489 e. The number of anilines is 1. The van der Waals surface area contributed by atoms with Crippen molar-refractivity contribution in [2.24, 2.45) is 0 Å². The van der Waals surface area contributed by atoms with E-state index in [0.717, 1.165) is 54.3 Å². The Morgan fingerprint density at radius 2 is 1.65 bits per heavy atom. The van der Waals surface area contributed by atoms with Crippen LogP contribution in [0.2, 0.25) is 10.0 Å². The second-order valence-corrected chi connectivity index (χ2v) is 10.4. The van der Waals surface area contributed by atoms with Crippen molar-refractivity contribution in [2.45, 2.75) is 31.3 Å². The smallest absolute Gasteiger partial charge is 0.335 e. The molecule has 2 heterocycles. The molecule has 0 radical (unpaired) electrons. The summed E-state index contributed by atoms with van der Waals surface area (Å²) in [5.74, 6) is 1.46. The highest BCUT2D eigenvalue weighted by Gasteiger charge is 2.34. The summed E-state index contributed by atoms with van der Waals surface area (Å²) in [6.45, 7) is 2.09. The van der Waals surface area contributed by atoms with Crippen LogP contribution in [0.4, 0.5) is 5.69 Å². The lowest BCUT2D eigenvalue weighted by molar-refractivity contribution is 0.0697. The molecule has 0 spiro atoms. The van der Waals surface area contributed by atoms with Gasteiger partial charge in [0.2, 0.25) is 0 Å². The van der Waals surface area contributed by atoms with Crippen molar-refractivity contribution in [3.05, 3.63) is 99.2 Å². The lowest BCUT2D eigenvalue weighted by Gasteiger charge is -2.41. The first-order chi connectivity index (χ1) is 18.0. The van der Waals surface area contributed by atoms with Gasteiger partial charge in [-0.05, 0) is 66.9 Å². The molecule has 0 atom stereocenters. The fraction of sp³-hybridized carbons (Fsp3) is 0.241. The number of hydrogen-bond acceptors (Lipinski definition) is 5. The van der Waals surface area contributed by atoms with Crippen molar-refractivity contribution in [1.29, 1.82) is 0 Å². The topological polar surface area (TPSA) is 75.8 Å². The second kappa shape index (κ2) is 9.77. The van der Waals surface area contributed by atoms with E-state index in [4.69, 9.17) is 37.6 Å². The Morgan fingerprint density at radius 1 is 0.973 bits per heavy atom. The van der Waals surface area contributed by atoms with Gasteiger partial charge in [-0.2, -0.15) is 0 Å². The number of carboxylic acid groups (broad SMARTS) is 1. The summed E-state index contributed by atoms with van der Waals surface area (Å²) in [7, 11) is 0. The maximum Gasteiger partial charge on any atom is 0.335 e. The van der Waals surface area contributed by atoms with Gasteiger partial charge in [0.05, 0.1) is 21.2 Å². The molecule has 0 unspecified atom stereocenters. The molecule has 2 aliphatic rings. The van der Waals surface area contributed by atoms with E-state index in [1.165, 1.54) is 0 Å². The average molecular weight is 535 g/mol. The van der Waals surface area contributed by atoms with Gasteiger partial charge in [-0.25, -0.2) is 4.79 Å². The fourth-order valence-electron chi connectivity index (χ4n) is 4.75. The number of hydrogen-bond donors (Lipinski definition) is 1. The van der Waals surface area contributed by atoms with E-state index in [-0.39, 0.29) is 0 Å². The molecule has 4 aromatic rings. The van der Waals surface area contributed by atoms with Crippen molar-refractivity contribution in [3.8, 4) is 17.0 Å². The molecule has 1 saturated heterocycles. The second-order valence-electron chi connectivity index (χ2n) is 9.56. The van der Waals surface area contributed by atoms with E-state index >= 15 is 0 Å². The first-order valence-electron chi connectivity index (χ1n) is 12.2. The predicted octanol–water partition coefficient (Wildman–Crippen LogP) is 7.41. The highest BCUT2D eigenvalue weighted by atomic mass is 35.5. The van der Waals surface area contributed by atoms with Crippen LogP contribution >= 0.6 is 23.2 Å². The third-order valence-electron chi connectivity index (χ3n) is 7.06. The third-order valence-corrected chi connectivity index (χ3v) is 7.69.